The first-order chi connectivity index (χ1) is 14.0. The molecule has 164 valence electrons. The second kappa shape index (κ2) is 10.1. The van der Waals surface area contributed by atoms with E-state index in [4.69, 9.17) is 0 Å². The van der Waals surface area contributed by atoms with Gasteiger partial charge in [0.05, 0.1) is 9.79 Å². The van der Waals surface area contributed by atoms with Crippen LogP contribution in [0.2, 0.25) is 0 Å². The molecule has 0 aromatic heterocycles. The number of benzene rings is 2. The van der Waals surface area contributed by atoms with Crippen LogP contribution in [0.3, 0.4) is 0 Å². The summed E-state index contributed by atoms with van der Waals surface area (Å²) in [6.07, 6.45) is 0.353. The summed E-state index contributed by atoms with van der Waals surface area (Å²) in [4.78, 5) is 11.0. The van der Waals surface area contributed by atoms with Gasteiger partial charge in [-0.25, -0.2) is 30.3 Å². The van der Waals surface area contributed by atoms with Crippen molar-refractivity contribution < 1.29 is 35.5 Å². The minimum absolute atomic E-state index is 0.0171. The summed E-state index contributed by atoms with van der Waals surface area (Å²) in [6.45, 7) is -0.0171. The predicted octanol–water partition coefficient (Wildman–Crippen LogP) is 1.85. The van der Waals surface area contributed by atoms with E-state index >= 15 is 0 Å². The van der Waals surface area contributed by atoms with Crippen molar-refractivity contribution in [2.75, 3.05) is 6.54 Å². The summed E-state index contributed by atoms with van der Waals surface area (Å²) >= 11 is 0. The van der Waals surface area contributed by atoms with Gasteiger partial charge in [0.25, 0.3) is 0 Å². The highest BCUT2D eigenvalue weighted by Crippen LogP contribution is 2.13. The van der Waals surface area contributed by atoms with E-state index < -0.39 is 43.7 Å². The quantitative estimate of drug-likeness (QED) is 0.437. The molecule has 0 heterocycles. The molecule has 0 amide bonds. The maximum absolute atomic E-state index is 12.9. The van der Waals surface area contributed by atoms with Gasteiger partial charge in [-0.3, -0.25) is 4.79 Å². The highest BCUT2D eigenvalue weighted by Gasteiger charge is 2.25. The molecular weight excluding hydrogens is 442 g/mol. The maximum atomic E-state index is 12.9. The van der Waals surface area contributed by atoms with Crippen LogP contribution in [0.1, 0.15) is 19.3 Å². The van der Waals surface area contributed by atoms with E-state index in [2.05, 4.69) is 4.72 Å². The van der Waals surface area contributed by atoms with Crippen LogP contribution in [-0.4, -0.2) is 40.5 Å². The van der Waals surface area contributed by atoms with Crippen molar-refractivity contribution >= 4 is 26.0 Å². The summed E-state index contributed by atoms with van der Waals surface area (Å²) in [5.41, 5.74) is 0. The van der Waals surface area contributed by atoms with E-state index in [1.165, 1.54) is 0 Å². The molecule has 0 aliphatic heterocycles. The average Bonchev–Trinajstić information content (AvgIpc) is 2.67. The molecule has 12 heteroatoms. The van der Waals surface area contributed by atoms with Gasteiger partial charge in [0, 0.05) is 6.54 Å². The highest BCUT2D eigenvalue weighted by atomic mass is 32.2. The molecule has 1 atom stereocenters. The van der Waals surface area contributed by atoms with Gasteiger partial charge in [-0.05, 0) is 67.8 Å². The Hall–Kier alpha value is -2.41. The number of unbranched alkanes of at least 4 members (excludes halogenated alkanes) is 1. The first-order valence-corrected chi connectivity index (χ1v) is 11.7. The molecule has 0 radical (unpaired) electrons. The zero-order chi connectivity index (χ0) is 22.4. The van der Waals surface area contributed by atoms with E-state index in [9.17, 15) is 35.5 Å². The summed E-state index contributed by atoms with van der Waals surface area (Å²) in [5.74, 6) is -2.60. The molecule has 0 bridgehead atoms. The van der Waals surface area contributed by atoms with Gasteiger partial charge in [0.2, 0.25) is 20.0 Å². The smallest absolute Gasteiger partial charge is 0.321 e. The predicted molar refractivity (Wildman–Crippen MR) is 104 cm³/mol. The van der Waals surface area contributed by atoms with Gasteiger partial charge in [0.15, 0.2) is 0 Å². The molecule has 0 unspecified atom stereocenters. The van der Waals surface area contributed by atoms with E-state index in [-0.39, 0.29) is 35.6 Å². The number of nitrogens with one attached hydrogen (secondary N) is 2. The summed E-state index contributed by atoms with van der Waals surface area (Å²) in [6, 6.07) is 6.73. The van der Waals surface area contributed by atoms with Gasteiger partial charge in [-0.2, -0.15) is 4.72 Å². The van der Waals surface area contributed by atoms with Crippen molar-refractivity contribution in [3.05, 3.63) is 60.2 Å². The standard InChI is InChI=1S/C18H20F2N2O6S2/c19-13-4-8-15(9-5-13)29(25,26)21-12-2-1-3-17(18(23)24)22-30(27,28)16-10-6-14(20)7-11-16/h4-11,17,21-22H,1-3,12H2,(H,23,24)/t17-/m1/s1. The third kappa shape index (κ3) is 6.83. The Kier molecular flexibility index (Phi) is 8.01. The molecule has 2 aromatic rings. The lowest BCUT2D eigenvalue weighted by molar-refractivity contribution is -0.139. The lowest BCUT2D eigenvalue weighted by atomic mass is 10.1. The molecule has 0 aliphatic carbocycles. The van der Waals surface area contributed by atoms with E-state index in [0.717, 1.165) is 48.5 Å². The second-order valence-electron chi connectivity index (χ2n) is 6.31. The number of hydrogen-bond acceptors (Lipinski definition) is 5. The van der Waals surface area contributed by atoms with Crippen molar-refractivity contribution in [2.24, 2.45) is 0 Å². The van der Waals surface area contributed by atoms with Gasteiger partial charge < -0.3 is 5.11 Å². The fourth-order valence-electron chi connectivity index (χ4n) is 2.48. The topological polar surface area (TPSA) is 130 Å². The molecule has 2 rings (SSSR count). The molecule has 3 N–H and O–H groups in total. The molecule has 0 spiro atoms. The summed E-state index contributed by atoms with van der Waals surface area (Å²) in [7, 11) is -8.00. The monoisotopic (exact) mass is 462 g/mol. The lowest BCUT2D eigenvalue weighted by Gasteiger charge is -2.15. The highest BCUT2D eigenvalue weighted by molar-refractivity contribution is 7.89. The van der Waals surface area contributed by atoms with Gasteiger partial charge >= 0.3 is 5.97 Å². The van der Waals surface area contributed by atoms with Crippen LogP contribution < -0.4 is 9.44 Å². The Labute approximate surface area is 173 Å². The van der Waals surface area contributed by atoms with Gasteiger partial charge in [-0.1, -0.05) is 0 Å². The van der Waals surface area contributed by atoms with Crippen molar-refractivity contribution in [1.82, 2.24) is 9.44 Å². The summed E-state index contributed by atoms with van der Waals surface area (Å²) < 4.78 is 78.8. The SMILES string of the molecule is O=C(O)[C@@H](CCCCNS(=O)(=O)c1ccc(F)cc1)NS(=O)(=O)c1ccc(F)cc1. The fraction of sp³-hybridized carbons (Fsp3) is 0.278. The number of carboxylic acid groups (broad SMARTS) is 1. The number of sulfonamides is 2. The van der Waals surface area contributed by atoms with Crippen molar-refractivity contribution in [1.29, 1.82) is 0 Å². The van der Waals surface area contributed by atoms with E-state index in [1.807, 2.05) is 4.72 Å². The van der Waals surface area contributed by atoms with Crippen LogP contribution in [0.5, 0.6) is 0 Å². The minimum atomic E-state index is -4.17. The zero-order valence-corrected chi connectivity index (χ0v) is 17.2. The third-order valence-corrected chi connectivity index (χ3v) is 7.02. The third-order valence-electron chi connectivity index (χ3n) is 4.06. The number of halogens is 2. The Balaban J connectivity index is 1.87. The largest absolute Gasteiger partial charge is 0.480 e. The number of hydrogen-bond donors (Lipinski definition) is 3. The van der Waals surface area contributed by atoms with Crippen LogP contribution in [0.15, 0.2) is 58.3 Å². The van der Waals surface area contributed by atoms with Gasteiger partial charge in [0.1, 0.15) is 17.7 Å². The van der Waals surface area contributed by atoms with Crippen molar-refractivity contribution in [2.45, 2.75) is 35.1 Å². The minimum Gasteiger partial charge on any atom is -0.480 e. The first-order valence-electron chi connectivity index (χ1n) is 8.77. The molecule has 0 aliphatic rings. The molecule has 0 saturated heterocycles. The molecule has 0 saturated carbocycles. The average molecular weight is 462 g/mol. The zero-order valence-electron chi connectivity index (χ0n) is 15.6. The summed E-state index contributed by atoms with van der Waals surface area (Å²) in [5, 5.41) is 9.26. The van der Waals surface area contributed by atoms with E-state index in [0.29, 0.717) is 0 Å². The van der Waals surface area contributed by atoms with Crippen LogP contribution in [0, 0.1) is 11.6 Å². The number of carbonyl (C=O) groups is 1. The van der Waals surface area contributed by atoms with Crippen LogP contribution in [0.25, 0.3) is 0 Å². The number of carboxylic acids is 1. The van der Waals surface area contributed by atoms with Crippen molar-refractivity contribution in [3.8, 4) is 0 Å². The molecule has 0 fully saturated rings. The fourth-order valence-corrected chi connectivity index (χ4v) is 4.78. The lowest BCUT2D eigenvalue weighted by Crippen LogP contribution is -2.40. The second-order valence-corrected chi connectivity index (χ2v) is 9.79. The Morgan fingerprint density at radius 1 is 0.833 bits per heavy atom. The Morgan fingerprint density at radius 2 is 1.30 bits per heavy atom. The number of aliphatic carboxylic acids is 1. The van der Waals surface area contributed by atoms with Crippen LogP contribution in [-0.2, 0) is 24.8 Å². The van der Waals surface area contributed by atoms with Crippen LogP contribution in [0.4, 0.5) is 8.78 Å². The molecule has 8 nitrogen and oxygen atoms in total. The Morgan fingerprint density at radius 3 is 1.77 bits per heavy atom. The van der Waals surface area contributed by atoms with Crippen molar-refractivity contribution in [3.63, 3.8) is 0 Å². The molecule has 30 heavy (non-hydrogen) atoms. The molecule has 2 aromatic carbocycles. The molecular formula is C18H20F2N2O6S2. The normalized spacial score (nSPS) is 13.1. The van der Waals surface area contributed by atoms with E-state index in [1.54, 1.807) is 0 Å². The Bertz CT molecular complexity index is 1070. The van der Waals surface area contributed by atoms with Crippen LogP contribution >= 0.6 is 0 Å². The maximum Gasteiger partial charge on any atom is 0.321 e. The first kappa shape index (κ1) is 23.9. The van der Waals surface area contributed by atoms with Gasteiger partial charge in [-0.15, -0.1) is 0 Å². The number of rotatable bonds is 11.